The van der Waals surface area contributed by atoms with Crippen molar-refractivity contribution in [2.45, 2.75) is 12.8 Å². The molecule has 1 aliphatic rings. The number of halogens is 1. The highest BCUT2D eigenvalue weighted by Gasteiger charge is 2.30. The van der Waals surface area contributed by atoms with Crippen molar-refractivity contribution < 1.29 is 4.79 Å². The van der Waals surface area contributed by atoms with E-state index < -0.39 is 0 Å². The average molecular weight is 238 g/mol. The Labute approximate surface area is 95.6 Å². The van der Waals surface area contributed by atoms with Crippen LogP contribution in [0, 0.1) is 5.92 Å². The molecule has 0 unspecified atom stereocenters. The molecule has 16 heavy (non-hydrogen) atoms. The van der Waals surface area contributed by atoms with E-state index in [0.29, 0.717) is 5.65 Å². The monoisotopic (exact) mass is 237 g/mol. The summed E-state index contributed by atoms with van der Waals surface area (Å²) in [4.78, 5) is 19.5. The van der Waals surface area contributed by atoms with E-state index in [1.165, 1.54) is 10.7 Å². The van der Waals surface area contributed by atoms with Crippen molar-refractivity contribution >= 4 is 29.1 Å². The third kappa shape index (κ3) is 1.61. The number of aromatic nitrogens is 4. The summed E-state index contributed by atoms with van der Waals surface area (Å²) < 4.78 is 1.48. The number of hydrogen-bond donors (Lipinski definition) is 1. The molecule has 0 radical (unpaired) electrons. The molecule has 2 heterocycles. The summed E-state index contributed by atoms with van der Waals surface area (Å²) in [6, 6.07) is 0. The first kappa shape index (κ1) is 9.53. The van der Waals surface area contributed by atoms with E-state index in [0.717, 1.165) is 12.8 Å². The average Bonchev–Trinajstić information content (AvgIpc) is 3.01. The van der Waals surface area contributed by atoms with Crippen molar-refractivity contribution in [3.8, 4) is 0 Å². The van der Waals surface area contributed by atoms with E-state index in [1.54, 1.807) is 6.20 Å². The lowest BCUT2D eigenvalue weighted by Crippen LogP contribution is -2.14. The topological polar surface area (TPSA) is 72.2 Å². The van der Waals surface area contributed by atoms with E-state index in [1.807, 2.05) is 0 Å². The summed E-state index contributed by atoms with van der Waals surface area (Å²) in [5, 5.41) is 6.99. The fourth-order valence-electron chi connectivity index (χ4n) is 1.40. The maximum Gasteiger partial charge on any atom is 0.249 e. The summed E-state index contributed by atoms with van der Waals surface area (Å²) in [6.07, 6.45) is 5.04. The quantitative estimate of drug-likeness (QED) is 0.850. The Morgan fingerprint density at radius 3 is 3.06 bits per heavy atom. The molecule has 6 nitrogen and oxygen atoms in total. The fourth-order valence-corrected chi connectivity index (χ4v) is 1.58. The van der Waals surface area contributed by atoms with Gasteiger partial charge in [-0.25, -0.2) is 9.50 Å². The van der Waals surface area contributed by atoms with Gasteiger partial charge >= 0.3 is 0 Å². The molecule has 2 aromatic heterocycles. The van der Waals surface area contributed by atoms with E-state index in [-0.39, 0.29) is 22.9 Å². The lowest BCUT2D eigenvalue weighted by Gasteiger charge is -1.95. The lowest BCUT2D eigenvalue weighted by atomic mass is 10.4. The molecular formula is C9H8ClN5O. The van der Waals surface area contributed by atoms with Crippen LogP contribution in [0.2, 0.25) is 5.15 Å². The predicted octanol–water partition coefficient (Wildman–Crippen LogP) is 1.13. The summed E-state index contributed by atoms with van der Waals surface area (Å²) >= 11 is 5.83. The number of amides is 1. The van der Waals surface area contributed by atoms with Gasteiger partial charge in [0.15, 0.2) is 10.8 Å². The van der Waals surface area contributed by atoms with E-state index in [9.17, 15) is 4.79 Å². The zero-order valence-corrected chi connectivity index (χ0v) is 8.98. The van der Waals surface area contributed by atoms with Crippen LogP contribution in [0.1, 0.15) is 12.8 Å². The highest BCUT2D eigenvalue weighted by atomic mass is 35.5. The number of rotatable bonds is 2. The van der Waals surface area contributed by atoms with Crippen LogP contribution in [0.4, 0.5) is 5.95 Å². The Morgan fingerprint density at radius 1 is 1.56 bits per heavy atom. The number of hydrogen-bond acceptors (Lipinski definition) is 4. The van der Waals surface area contributed by atoms with Crippen LogP contribution in [0.3, 0.4) is 0 Å². The second-order valence-corrected chi connectivity index (χ2v) is 4.04. The molecule has 82 valence electrons. The van der Waals surface area contributed by atoms with Gasteiger partial charge in [-0.3, -0.25) is 10.1 Å². The van der Waals surface area contributed by atoms with Crippen molar-refractivity contribution in [3.63, 3.8) is 0 Å². The summed E-state index contributed by atoms with van der Waals surface area (Å²) in [6.45, 7) is 0. The van der Waals surface area contributed by atoms with Crippen molar-refractivity contribution in [2.75, 3.05) is 5.32 Å². The minimum Gasteiger partial charge on any atom is -0.293 e. The van der Waals surface area contributed by atoms with Gasteiger partial charge in [0.2, 0.25) is 11.9 Å². The maximum atomic E-state index is 11.5. The number of carbonyl (C=O) groups is 1. The van der Waals surface area contributed by atoms with Crippen LogP contribution < -0.4 is 5.32 Å². The van der Waals surface area contributed by atoms with Gasteiger partial charge in [-0.15, -0.1) is 5.10 Å². The Bertz CT molecular complexity index is 562. The van der Waals surface area contributed by atoms with Crippen LogP contribution >= 0.6 is 11.6 Å². The van der Waals surface area contributed by atoms with Crippen LogP contribution in [0.25, 0.3) is 5.65 Å². The normalized spacial score (nSPS) is 15.3. The number of nitrogens with one attached hydrogen (secondary N) is 1. The van der Waals surface area contributed by atoms with Gasteiger partial charge in [-0.2, -0.15) is 4.98 Å². The van der Waals surface area contributed by atoms with Crippen molar-refractivity contribution in [3.05, 3.63) is 17.5 Å². The highest BCUT2D eigenvalue weighted by Crippen LogP contribution is 2.29. The Hall–Kier alpha value is -1.69. The molecule has 2 aromatic rings. The number of anilines is 1. The molecule has 1 aliphatic carbocycles. The van der Waals surface area contributed by atoms with Crippen molar-refractivity contribution in [1.29, 1.82) is 0 Å². The maximum absolute atomic E-state index is 11.5. The van der Waals surface area contributed by atoms with E-state index >= 15 is 0 Å². The molecule has 0 bridgehead atoms. The molecule has 0 aromatic carbocycles. The SMILES string of the molecule is O=C(Nc1nc2c(Cl)nccn2n1)C1CC1. The molecule has 0 spiro atoms. The Morgan fingerprint density at radius 2 is 2.38 bits per heavy atom. The minimum absolute atomic E-state index is 0.0278. The summed E-state index contributed by atoms with van der Waals surface area (Å²) in [7, 11) is 0. The van der Waals surface area contributed by atoms with Crippen LogP contribution in [0.15, 0.2) is 12.4 Å². The molecule has 1 amide bonds. The van der Waals surface area contributed by atoms with Crippen LogP contribution in [0.5, 0.6) is 0 Å². The first-order valence-corrected chi connectivity index (χ1v) is 5.29. The van der Waals surface area contributed by atoms with E-state index in [2.05, 4.69) is 20.4 Å². The molecular weight excluding hydrogens is 230 g/mol. The molecule has 0 aliphatic heterocycles. The van der Waals surface area contributed by atoms with Gasteiger partial charge in [-0.05, 0) is 12.8 Å². The number of fused-ring (bicyclic) bond motifs is 1. The van der Waals surface area contributed by atoms with Gasteiger partial charge in [0.1, 0.15) is 0 Å². The van der Waals surface area contributed by atoms with Gasteiger partial charge in [0.25, 0.3) is 0 Å². The number of carbonyl (C=O) groups excluding carboxylic acids is 1. The van der Waals surface area contributed by atoms with Gasteiger partial charge in [0.05, 0.1) is 0 Å². The third-order valence-corrected chi connectivity index (χ3v) is 2.66. The second kappa shape index (κ2) is 3.41. The fraction of sp³-hybridized carbons (Fsp3) is 0.333. The molecule has 0 saturated heterocycles. The Balaban J connectivity index is 1.92. The molecule has 0 atom stereocenters. The van der Waals surface area contributed by atoms with Crippen molar-refractivity contribution in [1.82, 2.24) is 19.6 Å². The van der Waals surface area contributed by atoms with Crippen LogP contribution in [-0.4, -0.2) is 25.5 Å². The minimum atomic E-state index is -0.0278. The zero-order chi connectivity index (χ0) is 11.1. The summed E-state index contributed by atoms with van der Waals surface area (Å²) in [5.74, 6) is 0.368. The molecule has 1 saturated carbocycles. The first-order valence-electron chi connectivity index (χ1n) is 4.92. The van der Waals surface area contributed by atoms with Gasteiger partial charge < -0.3 is 0 Å². The predicted molar refractivity (Wildman–Crippen MR) is 57.1 cm³/mol. The largest absolute Gasteiger partial charge is 0.293 e. The smallest absolute Gasteiger partial charge is 0.249 e. The van der Waals surface area contributed by atoms with Crippen LogP contribution in [-0.2, 0) is 4.79 Å². The Kier molecular flexibility index (Phi) is 2.03. The zero-order valence-electron chi connectivity index (χ0n) is 8.22. The van der Waals surface area contributed by atoms with E-state index in [4.69, 9.17) is 11.6 Å². The lowest BCUT2D eigenvalue weighted by molar-refractivity contribution is -0.117. The van der Waals surface area contributed by atoms with Gasteiger partial charge in [0, 0.05) is 18.3 Å². The summed E-state index contributed by atoms with van der Waals surface area (Å²) in [5.41, 5.74) is 0.440. The number of nitrogens with zero attached hydrogens (tertiary/aromatic N) is 4. The van der Waals surface area contributed by atoms with Gasteiger partial charge in [-0.1, -0.05) is 11.6 Å². The molecule has 1 N–H and O–H groups in total. The highest BCUT2D eigenvalue weighted by molar-refractivity contribution is 6.32. The first-order chi connectivity index (χ1) is 7.74. The molecule has 1 fully saturated rings. The second-order valence-electron chi connectivity index (χ2n) is 3.69. The van der Waals surface area contributed by atoms with Crippen molar-refractivity contribution in [2.24, 2.45) is 5.92 Å². The molecule has 3 rings (SSSR count). The standard InChI is InChI=1S/C9H8ClN5O/c10-6-7-12-9(13-8(16)5-1-2-5)14-15(7)4-3-11-6/h3-5H,1-2H2,(H,13,14,16). The molecule has 7 heteroatoms. The third-order valence-electron chi connectivity index (χ3n) is 2.39.